The number of hydrogen-bond donors (Lipinski definition) is 1. The largest absolute Gasteiger partial charge is 0.313 e. The topological polar surface area (TPSA) is 12.0 Å². The molecular formula is C14H21NS. The molecule has 1 aliphatic rings. The van der Waals surface area contributed by atoms with E-state index >= 15 is 0 Å². The molecule has 1 heterocycles. The van der Waals surface area contributed by atoms with Gasteiger partial charge in [0.15, 0.2) is 0 Å². The first-order chi connectivity index (χ1) is 7.90. The van der Waals surface area contributed by atoms with Crippen molar-refractivity contribution in [2.24, 2.45) is 0 Å². The van der Waals surface area contributed by atoms with Crippen LogP contribution in [-0.4, -0.2) is 24.1 Å². The van der Waals surface area contributed by atoms with Crippen molar-refractivity contribution in [2.75, 3.05) is 18.1 Å². The zero-order chi connectivity index (χ0) is 11.2. The summed E-state index contributed by atoms with van der Waals surface area (Å²) in [5.74, 6) is 3.30. The third kappa shape index (κ3) is 3.26. The summed E-state index contributed by atoms with van der Waals surface area (Å²) in [4.78, 5) is 0. The molecule has 0 aliphatic carbocycles. The fourth-order valence-electron chi connectivity index (χ4n) is 2.23. The Kier molecular flexibility index (Phi) is 4.73. The highest BCUT2D eigenvalue weighted by Gasteiger charge is 2.16. The molecular weight excluding hydrogens is 214 g/mol. The number of hydrogen-bond acceptors (Lipinski definition) is 2. The summed E-state index contributed by atoms with van der Waals surface area (Å²) in [5, 5.41) is 3.71. The second-order valence-corrected chi connectivity index (χ2v) is 5.63. The van der Waals surface area contributed by atoms with Crippen LogP contribution in [0, 0.1) is 0 Å². The minimum absolute atomic E-state index is 0.673. The van der Waals surface area contributed by atoms with E-state index in [4.69, 9.17) is 0 Å². The first-order valence-electron chi connectivity index (χ1n) is 6.26. The lowest BCUT2D eigenvalue weighted by Gasteiger charge is -2.19. The molecule has 0 bridgehead atoms. The van der Waals surface area contributed by atoms with Gasteiger partial charge < -0.3 is 5.32 Å². The van der Waals surface area contributed by atoms with Crippen LogP contribution in [0.1, 0.15) is 31.2 Å². The summed E-state index contributed by atoms with van der Waals surface area (Å²) < 4.78 is 0. The predicted molar refractivity (Wildman–Crippen MR) is 73.2 cm³/mol. The summed E-state index contributed by atoms with van der Waals surface area (Å²) in [7, 11) is 0. The Labute approximate surface area is 103 Å². The van der Waals surface area contributed by atoms with Crippen LogP contribution in [0.25, 0.3) is 0 Å². The number of nitrogens with one attached hydrogen (secondary N) is 1. The number of rotatable bonds is 5. The van der Waals surface area contributed by atoms with Gasteiger partial charge in [0.1, 0.15) is 0 Å². The molecule has 2 rings (SSSR count). The second-order valence-electron chi connectivity index (χ2n) is 4.48. The van der Waals surface area contributed by atoms with Crippen LogP contribution < -0.4 is 5.32 Å². The van der Waals surface area contributed by atoms with Gasteiger partial charge in [0.2, 0.25) is 0 Å². The summed E-state index contributed by atoms with van der Waals surface area (Å²) in [6.45, 7) is 3.41. The van der Waals surface area contributed by atoms with Gasteiger partial charge in [0, 0.05) is 18.3 Å². The van der Waals surface area contributed by atoms with Crippen molar-refractivity contribution in [3.05, 3.63) is 35.9 Å². The van der Waals surface area contributed by atoms with Gasteiger partial charge in [-0.25, -0.2) is 0 Å². The van der Waals surface area contributed by atoms with Gasteiger partial charge in [-0.15, -0.1) is 0 Å². The highest BCUT2D eigenvalue weighted by Crippen LogP contribution is 2.21. The SMILES string of the molecule is CCC(CNC1CCSC1)c1ccccc1. The molecule has 1 N–H and O–H groups in total. The zero-order valence-corrected chi connectivity index (χ0v) is 10.8. The van der Waals surface area contributed by atoms with Crippen LogP contribution in [0.5, 0.6) is 0 Å². The normalized spacial score (nSPS) is 22.2. The lowest BCUT2D eigenvalue weighted by atomic mass is 9.96. The Morgan fingerprint density at radius 3 is 2.81 bits per heavy atom. The molecule has 2 heteroatoms. The van der Waals surface area contributed by atoms with Crippen molar-refractivity contribution in [3.8, 4) is 0 Å². The maximum absolute atomic E-state index is 3.71. The van der Waals surface area contributed by atoms with Crippen molar-refractivity contribution in [1.82, 2.24) is 5.32 Å². The molecule has 2 unspecified atom stereocenters. The summed E-state index contributed by atoms with van der Waals surface area (Å²) in [5.41, 5.74) is 1.48. The van der Waals surface area contributed by atoms with Gasteiger partial charge in [-0.3, -0.25) is 0 Å². The van der Waals surface area contributed by atoms with Crippen LogP contribution in [0.3, 0.4) is 0 Å². The van der Waals surface area contributed by atoms with E-state index < -0.39 is 0 Å². The first kappa shape index (κ1) is 12.0. The van der Waals surface area contributed by atoms with Crippen molar-refractivity contribution >= 4 is 11.8 Å². The fraction of sp³-hybridized carbons (Fsp3) is 0.571. The maximum Gasteiger partial charge on any atom is 0.0166 e. The van der Waals surface area contributed by atoms with E-state index in [-0.39, 0.29) is 0 Å². The number of benzene rings is 1. The minimum Gasteiger partial charge on any atom is -0.313 e. The van der Waals surface area contributed by atoms with Crippen LogP contribution in [-0.2, 0) is 0 Å². The van der Waals surface area contributed by atoms with Crippen LogP contribution in [0.15, 0.2) is 30.3 Å². The van der Waals surface area contributed by atoms with E-state index in [1.807, 2.05) is 0 Å². The van der Waals surface area contributed by atoms with Crippen molar-refractivity contribution in [3.63, 3.8) is 0 Å². The van der Waals surface area contributed by atoms with Crippen molar-refractivity contribution < 1.29 is 0 Å². The van der Waals surface area contributed by atoms with Crippen LogP contribution >= 0.6 is 11.8 Å². The molecule has 1 fully saturated rings. The molecule has 1 aliphatic heterocycles. The van der Waals surface area contributed by atoms with E-state index in [0.29, 0.717) is 5.92 Å². The highest BCUT2D eigenvalue weighted by atomic mass is 32.2. The van der Waals surface area contributed by atoms with Gasteiger partial charge in [0.25, 0.3) is 0 Å². The molecule has 0 aromatic heterocycles. The monoisotopic (exact) mass is 235 g/mol. The van der Waals surface area contributed by atoms with E-state index in [0.717, 1.165) is 12.6 Å². The average molecular weight is 235 g/mol. The quantitative estimate of drug-likeness (QED) is 0.840. The Morgan fingerprint density at radius 2 is 2.19 bits per heavy atom. The molecule has 0 radical (unpaired) electrons. The van der Waals surface area contributed by atoms with E-state index in [1.54, 1.807) is 0 Å². The van der Waals surface area contributed by atoms with E-state index in [2.05, 4.69) is 54.3 Å². The molecule has 2 atom stereocenters. The smallest absolute Gasteiger partial charge is 0.0166 e. The molecule has 0 saturated carbocycles. The minimum atomic E-state index is 0.673. The first-order valence-corrected chi connectivity index (χ1v) is 7.41. The standard InChI is InChI=1S/C14H21NS/c1-2-12(13-6-4-3-5-7-13)10-15-14-8-9-16-11-14/h3-7,12,14-15H,2,8-11H2,1H3. The molecule has 0 spiro atoms. The Morgan fingerprint density at radius 1 is 1.38 bits per heavy atom. The Bertz CT molecular complexity index is 293. The molecule has 88 valence electrons. The molecule has 1 aromatic rings. The fourth-order valence-corrected chi connectivity index (χ4v) is 3.41. The third-order valence-corrected chi connectivity index (χ3v) is 4.51. The van der Waals surface area contributed by atoms with E-state index in [9.17, 15) is 0 Å². The van der Waals surface area contributed by atoms with Gasteiger partial charge in [-0.1, -0.05) is 37.3 Å². The van der Waals surface area contributed by atoms with Crippen molar-refractivity contribution in [2.45, 2.75) is 31.7 Å². The maximum atomic E-state index is 3.71. The van der Waals surface area contributed by atoms with Gasteiger partial charge in [-0.2, -0.15) is 11.8 Å². The molecule has 0 amide bonds. The summed E-state index contributed by atoms with van der Waals surface area (Å²) >= 11 is 2.07. The summed E-state index contributed by atoms with van der Waals surface area (Å²) in [6, 6.07) is 11.6. The van der Waals surface area contributed by atoms with Crippen LogP contribution in [0.2, 0.25) is 0 Å². The van der Waals surface area contributed by atoms with Gasteiger partial charge in [0.05, 0.1) is 0 Å². The lowest BCUT2D eigenvalue weighted by molar-refractivity contribution is 0.503. The molecule has 16 heavy (non-hydrogen) atoms. The van der Waals surface area contributed by atoms with Crippen LogP contribution in [0.4, 0.5) is 0 Å². The van der Waals surface area contributed by atoms with Gasteiger partial charge in [-0.05, 0) is 30.1 Å². The molecule has 1 aromatic carbocycles. The lowest BCUT2D eigenvalue weighted by Crippen LogP contribution is -2.32. The second kappa shape index (κ2) is 6.31. The number of thioether (sulfide) groups is 1. The zero-order valence-electron chi connectivity index (χ0n) is 9.99. The van der Waals surface area contributed by atoms with Gasteiger partial charge >= 0.3 is 0 Å². The highest BCUT2D eigenvalue weighted by molar-refractivity contribution is 7.99. The molecule has 1 nitrogen and oxygen atoms in total. The van der Waals surface area contributed by atoms with E-state index in [1.165, 1.54) is 29.9 Å². The predicted octanol–water partition coefficient (Wildman–Crippen LogP) is 3.28. The van der Waals surface area contributed by atoms with Crippen molar-refractivity contribution in [1.29, 1.82) is 0 Å². The Balaban J connectivity index is 1.85. The molecule has 1 saturated heterocycles. The third-order valence-electron chi connectivity index (χ3n) is 3.35. The average Bonchev–Trinajstić information content (AvgIpc) is 2.84. The Hall–Kier alpha value is -0.470. The summed E-state index contributed by atoms with van der Waals surface area (Å²) in [6.07, 6.45) is 2.56.